The zero-order valence-electron chi connectivity index (χ0n) is 10.9. The van der Waals surface area contributed by atoms with Crippen LogP contribution in [0.5, 0.6) is 0 Å². The Balaban J connectivity index is 2.51. The Morgan fingerprint density at radius 3 is 1.50 bits per heavy atom. The molecular weight excluding hydrogens is 224 g/mol. The smallest absolute Gasteiger partial charge is 0.0552 e. The molecule has 2 unspecified atom stereocenters. The van der Waals surface area contributed by atoms with Gasteiger partial charge in [-0.3, -0.25) is 0 Å². The molecule has 2 atom stereocenters. The number of hydrogen-bond donors (Lipinski definition) is 2. The molecule has 0 spiro atoms. The third-order valence-corrected chi connectivity index (χ3v) is 3.14. The number of aliphatic hydroxyl groups is 2. The van der Waals surface area contributed by atoms with Gasteiger partial charge < -0.3 is 10.2 Å². The van der Waals surface area contributed by atoms with Gasteiger partial charge >= 0.3 is 0 Å². The van der Waals surface area contributed by atoms with Crippen LogP contribution >= 0.6 is 0 Å². The van der Waals surface area contributed by atoms with Crippen LogP contribution in [0, 0.1) is 0 Å². The first-order valence-electron chi connectivity index (χ1n) is 6.43. The Bertz CT molecular complexity index is 481. The van der Waals surface area contributed by atoms with Gasteiger partial charge in [0, 0.05) is 0 Å². The highest BCUT2D eigenvalue weighted by Gasteiger charge is 2.09. The van der Waals surface area contributed by atoms with E-state index in [0.717, 1.165) is 11.1 Å². The molecule has 0 saturated heterocycles. The van der Waals surface area contributed by atoms with Crippen molar-refractivity contribution < 1.29 is 10.2 Å². The van der Waals surface area contributed by atoms with Gasteiger partial charge in [-0.05, 0) is 48.6 Å². The van der Waals surface area contributed by atoms with Crippen molar-refractivity contribution >= 4 is 10.8 Å². The second-order valence-corrected chi connectivity index (χ2v) is 5.04. The van der Waals surface area contributed by atoms with E-state index < -0.39 is 0 Å². The van der Waals surface area contributed by atoms with Crippen LogP contribution in [-0.4, -0.2) is 22.4 Å². The van der Waals surface area contributed by atoms with Crippen molar-refractivity contribution in [2.75, 3.05) is 0 Å². The van der Waals surface area contributed by atoms with Crippen LogP contribution < -0.4 is 0 Å². The van der Waals surface area contributed by atoms with Gasteiger partial charge in [0.1, 0.15) is 0 Å². The average Bonchev–Trinajstić information content (AvgIpc) is 2.31. The summed E-state index contributed by atoms with van der Waals surface area (Å²) in [7, 11) is 0. The van der Waals surface area contributed by atoms with Crippen LogP contribution in [0.3, 0.4) is 0 Å². The molecule has 0 amide bonds. The monoisotopic (exact) mass is 244 g/mol. The summed E-state index contributed by atoms with van der Waals surface area (Å²) in [5.74, 6) is 0. The van der Waals surface area contributed by atoms with Crippen molar-refractivity contribution in [1.82, 2.24) is 0 Å². The van der Waals surface area contributed by atoms with Crippen LogP contribution in [0.15, 0.2) is 36.4 Å². The Morgan fingerprint density at radius 2 is 1.17 bits per heavy atom. The predicted molar refractivity (Wildman–Crippen MR) is 74.7 cm³/mol. The Hall–Kier alpha value is -1.38. The highest BCUT2D eigenvalue weighted by atomic mass is 16.3. The third kappa shape index (κ3) is 2.89. The Morgan fingerprint density at radius 1 is 0.778 bits per heavy atom. The summed E-state index contributed by atoms with van der Waals surface area (Å²) in [4.78, 5) is 0. The van der Waals surface area contributed by atoms with Gasteiger partial charge in [-0.25, -0.2) is 0 Å². The van der Waals surface area contributed by atoms with Gasteiger partial charge in [0.05, 0.1) is 12.2 Å². The molecule has 0 aliphatic heterocycles. The fraction of sp³-hybridized carbons (Fsp3) is 0.375. The molecule has 2 heteroatoms. The molecule has 2 aromatic carbocycles. The quantitative estimate of drug-likeness (QED) is 0.868. The first-order valence-corrected chi connectivity index (χ1v) is 6.43. The van der Waals surface area contributed by atoms with Crippen molar-refractivity contribution in [2.45, 2.75) is 38.9 Å². The molecule has 18 heavy (non-hydrogen) atoms. The molecule has 0 fully saturated rings. The lowest BCUT2D eigenvalue weighted by Gasteiger charge is -2.13. The van der Waals surface area contributed by atoms with E-state index in [2.05, 4.69) is 24.3 Å². The molecule has 2 nitrogen and oxygen atoms in total. The van der Waals surface area contributed by atoms with Crippen molar-refractivity contribution in [3.8, 4) is 0 Å². The van der Waals surface area contributed by atoms with E-state index in [1.807, 2.05) is 12.1 Å². The van der Waals surface area contributed by atoms with E-state index in [4.69, 9.17) is 0 Å². The number of hydrogen-bond acceptors (Lipinski definition) is 2. The van der Waals surface area contributed by atoms with Gasteiger partial charge in [0.25, 0.3) is 0 Å². The Kier molecular flexibility index (Phi) is 4.00. The highest BCUT2D eigenvalue weighted by molar-refractivity contribution is 5.88. The van der Waals surface area contributed by atoms with E-state index in [1.165, 1.54) is 10.8 Å². The van der Waals surface area contributed by atoms with Gasteiger partial charge in [0.2, 0.25) is 0 Å². The van der Waals surface area contributed by atoms with Crippen molar-refractivity contribution in [3.05, 3.63) is 47.5 Å². The Labute approximate surface area is 108 Å². The fourth-order valence-electron chi connectivity index (χ4n) is 2.42. The SMILES string of the molecule is CC(O)Cc1ccc(CC(C)O)c2ccccc12. The van der Waals surface area contributed by atoms with Crippen molar-refractivity contribution in [3.63, 3.8) is 0 Å². The summed E-state index contributed by atoms with van der Waals surface area (Å²) in [5.41, 5.74) is 2.32. The molecule has 0 aromatic heterocycles. The van der Waals surface area contributed by atoms with E-state index in [9.17, 15) is 10.2 Å². The number of fused-ring (bicyclic) bond motifs is 1. The van der Waals surface area contributed by atoms with E-state index in [1.54, 1.807) is 13.8 Å². The van der Waals surface area contributed by atoms with E-state index >= 15 is 0 Å². The van der Waals surface area contributed by atoms with Crippen molar-refractivity contribution in [1.29, 1.82) is 0 Å². The lowest BCUT2D eigenvalue weighted by atomic mass is 9.94. The lowest BCUT2D eigenvalue weighted by Crippen LogP contribution is -2.07. The molecule has 0 aliphatic carbocycles. The number of benzene rings is 2. The summed E-state index contributed by atoms with van der Waals surface area (Å²) >= 11 is 0. The summed E-state index contributed by atoms with van der Waals surface area (Å²) in [6.45, 7) is 3.61. The second-order valence-electron chi connectivity index (χ2n) is 5.04. The molecule has 0 saturated carbocycles. The normalized spacial score (nSPS) is 14.7. The molecule has 0 radical (unpaired) electrons. The molecule has 0 bridgehead atoms. The van der Waals surface area contributed by atoms with Crippen molar-refractivity contribution in [2.24, 2.45) is 0 Å². The maximum Gasteiger partial charge on any atom is 0.0552 e. The minimum absolute atomic E-state index is 0.337. The maximum atomic E-state index is 9.54. The first-order chi connectivity index (χ1) is 8.58. The van der Waals surface area contributed by atoms with Gasteiger partial charge in [0.15, 0.2) is 0 Å². The lowest BCUT2D eigenvalue weighted by molar-refractivity contribution is 0.194. The van der Waals surface area contributed by atoms with Gasteiger partial charge in [-0.2, -0.15) is 0 Å². The van der Waals surface area contributed by atoms with Crippen LogP contribution in [0.4, 0.5) is 0 Å². The summed E-state index contributed by atoms with van der Waals surface area (Å²) in [5, 5.41) is 21.4. The molecule has 0 heterocycles. The molecule has 96 valence electrons. The summed E-state index contributed by atoms with van der Waals surface area (Å²) in [6, 6.07) is 12.3. The van der Waals surface area contributed by atoms with Gasteiger partial charge in [-0.15, -0.1) is 0 Å². The predicted octanol–water partition coefficient (Wildman–Crippen LogP) is 2.69. The molecule has 2 rings (SSSR count). The van der Waals surface area contributed by atoms with E-state index in [-0.39, 0.29) is 12.2 Å². The molecule has 0 aliphatic rings. The highest BCUT2D eigenvalue weighted by Crippen LogP contribution is 2.25. The zero-order chi connectivity index (χ0) is 13.1. The maximum absolute atomic E-state index is 9.54. The topological polar surface area (TPSA) is 40.5 Å². The molecule has 2 aromatic rings. The second kappa shape index (κ2) is 5.51. The van der Waals surface area contributed by atoms with Crippen LogP contribution in [0.1, 0.15) is 25.0 Å². The molecular formula is C16H20O2. The van der Waals surface area contributed by atoms with Gasteiger partial charge in [-0.1, -0.05) is 36.4 Å². The molecule has 2 N–H and O–H groups in total. The number of aliphatic hydroxyl groups excluding tert-OH is 2. The fourth-order valence-corrected chi connectivity index (χ4v) is 2.42. The van der Waals surface area contributed by atoms with E-state index in [0.29, 0.717) is 12.8 Å². The largest absolute Gasteiger partial charge is 0.393 e. The third-order valence-electron chi connectivity index (χ3n) is 3.14. The summed E-state index contributed by atoms with van der Waals surface area (Å²) in [6.07, 6.45) is 0.650. The van der Waals surface area contributed by atoms with Crippen LogP contribution in [0.2, 0.25) is 0 Å². The summed E-state index contributed by atoms with van der Waals surface area (Å²) < 4.78 is 0. The minimum Gasteiger partial charge on any atom is -0.393 e. The average molecular weight is 244 g/mol. The standard InChI is InChI=1S/C16H20O2/c1-11(17)9-13-7-8-14(10-12(2)18)16-6-4-3-5-15(13)16/h3-8,11-12,17-18H,9-10H2,1-2H3. The first kappa shape index (κ1) is 13.1. The zero-order valence-corrected chi connectivity index (χ0v) is 10.9. The van der Waals surface area contributed by atoms with Crippen LogP contribution in [-0.2, 0) is 12.8 Å². The van der Waals surface area contributed by atoms with Crippen LogP contribution in [0.25, 0.3) is 10.8 Å². The number of rotatable bonds is 4. The minimum atomic E-state index is -0.337.